The van der Waals surface area contributed by atoms with Crippen molar-refractivity contribution in [2.45, 2.75) is 53.8 Å². The normalized spacial score (nSPS) is 15.9. The second-order valence-electron chi connectivity index (χ2n) is 3.91. The Balaban J connectivity index is 0.000000531. The predicted octanol–water partition coefficient (Wildman–Crippen LogP) is 1.84. The van der Waals surface area contributed by atoms with Gasteiger partial charge in [-0.3, -0.25) is 4.90 Å². The average Bonchev–Trinajstić information content (AvgIpc) is 2.63. The van der Waals surface area contributed by atoms with Crippen molar-refractivity contribution in [2.75, 3.05) is 6.54 Å². The van der Waals surface area contributed by atoms with Crippen molar-refractivity contribution in [3.8, 4) is 0 Å². The zero-order valence-corrected chi connectivity index (χ0v) is 10.5. The van der Waals surface area contributed by atoms with Crippen LogP contribution in [0.3, 0.4) is 0 Å². The predicted molar refractivity (Wildman–Crippen MR) is 61.7 cm³/mol. The summed E-state index contributed by atoms with van der Waals surface area (Å²) in [6, 6.07) is 0.614. The monoisotopic (exact) mass is 210 g/mol. The molecule has 1 aliphatic heterocycles. The van der Waals surface area contributed by atoms with Crippen molar-refractivity contribution >= 4 is 0 Å². The van der Waals surface area contributed by atoms with E-state index < -0.39 is 0 Å². The van der Waals surface area contributed by atoms with Gasteiger partial charge in [0.05, 0.1) is 17.9 Å². The topological polar surface area (TPSA) is 34.0 Å². The van der Waals surface area contributed by atoms with Crippen LogP contribution in [0, 0.1) is 6.92 Å². The maximum atomic E-state index is 4.09. The first kappa shape index (κ1) is 12.2. The summed E-state index contributed by atoms with van der Waals surface area (Å²) in [5.41, 5.74) is 2.35. The van der Waals surface area contributed by atoms with Gasteiger partial charge in [-0.1, -0.05) is 19.1 Å². The van der Waals surface area contributed by atoms with Crippen LogP contribution in [0.4, 0.5) is 0 Å². The van der Waals surface area contributed by atoms with Gasteiger partial charge in [-0.2, -0.15) is 0 Å². The summed E-state index contributed by atoms with van der Waals surface area (Å²) in [5.74, 6) is 0. The summed E-state index contributed by atoms with van der Waals surface area (Å²) in [7, 11) is 0. The fourth-order valence-corrected chi connectivity index (χ4v) is 1.73. The Labute approximate surface area is 92.3 Å². The number of fused-ring (bicyclic) bond motifs is 1. The van der Waals surface area contributed by atoms with Crippen LogP contribution in [0.25, 0.3) is 0 Å². The third-order valence-electron chi connectivity index (χ3n) is 2.71. The van der Waals surface area contributed by atoms with Crippen LogP contribution in [-0.4, -0.2) is 32.5 Å². The van der Waals surface area contributed by atoms with Gasteiger partial charge in [0.15, 0.2) is 0 Å². The number of aryl methyl sites for hydroxylation is 1. The summed E-state index contributed by atoms with van der Waals surface area (Å²) in [6.45, 7) is 13.6. The molecular weight excluding hydrogens is 188 g/mol. The molecule has 1 aromatic heterocycles. The molecule has 86 valence electrons. The largest absolute Gasteiger partial charge is 0.293 e. The van der Waals surface area contributed by atoms with E-state index in [-0.39, 0.29) is 0 Å². The fraction of sp³-hybridized carbons (Fsp3) is 0.818. The molecule has 0 atom stereocenters. The van der Waals surface area contributed by atoms with Gasteiger partial charge in [-0.05, 0) is 20.8 Å². The van der Waals surface area contributed by atoms with Gasteiger partial charge in [0.1, 0.15) is 0 Å². The number of rotatable bonds is 1. The van der Waals surface area contributed by atoms with Crippen LogP contribution in [0.15, 0.2) is 0 Å². The van der Waals surface area contributed by atoms with Gasteiger partial charge in [0, 0.05) is 19.1 Å². The summed E-state index contributed by atoms with van der Waals surface area (Å²) < 4.78 is 2.02. The molecule has 0 unspecified atom stereocenters. The minimum Gasteiger partial charge on any atom is -0.293 e. The van der Waals surface area contributed by atoms with E-state index in [0.29, 0.717) is 6.04 Å². The fourth-order valence-electron chi connectivity index (χ4n) is 1.73. The van der Waals surface area contributed by atoms with E-state index in [0.717, 1.165) is 25.3 Å². The Kier molecular flexibility index (Phi) is 4.27. The molecule has 4 heteroatoms. The zero-order chi connectivity index (χ0) is 11.4. The highest BCUT2D eigenvalue weighted by Crippen LogP contribution is 2.15. The Morgan fingerprint density at radius 2 is 1.87 bits per heavy atom. The molecular formula is C11H22N4. The van der Waals surface area contributed by atoms with Crippen molar-refractivity contribution in [2.24, 2.45) is 0 Å². The van der Waals surface area contributed by atoms with Gasteiger partial charge < -0.3 is 0 Å². The lowest BCUT2D eigenvalue weighted by atomic mass is 10.2. The third-order valence-corrected chi connectivity index (χ3v) is 2.71. The highest BCUT2D eigenvalue weighted by molar-refractivity contribution is 5.09. The van der Waals surface area contributed by atoms with Gasteiger partial charge in [-0.15, -0.1) is 5.10 Å². The SMILES string of the molecule is CC.Cc1nnn2c1CN(C(C)C)CC2. The van der Waals surface area contributed by atoms with Crippen molar-refractivity contribution in [1.82, 2.24) is 19.9 Å². The zero-order valence-electron chi connectivity index (χ0n) is 10.5. The maximum Gasteiger partial charge on any atom is 0.0841 e. The first-order valence-corrected chi connectivity index (χ1v) is 5.81. The molecule has 0 saturated heterocycles. The molecule has 0 saturated carbocycles. The summed E-state index contributed by atoms with van der Waals surface area (Å²) in [5, 5.41) is 8.17. The maximum absolute atomic E-state index is 4.09. The molecule has 1 aliphatic rings. The lowest BCUT2D eigenvalue weighted by molar-refractivity contribution is 0.170. The van der Waals surface area contributed by atoms with E-state index in [1.54, 1.807) is 0 Å². The van der Waals surface area contributed by atoms with Gasteiger partial charge in [-0.25, -0.2) is 4.68 Å². The molecule has 0 bridgehead atoms. The Bertz CT molecular complexity index is 304. The minimum absolute atomic E-state index is 0.614. The third kappa shape index (κ3) is 2.56. The quantitative estimate of drug-likeness (QED) is 0.709. The molecule has 2 rings (SSSR count). The summed E-state index contributed by atoms with van der Waals surface area (Å²) in [6.07, 6.45) is 0. The number of aromatic nitrogens is 3. The van der Waals surface area contributed by atoms with Gasteiger partial charge >= 0.3 is 0 Å². The first-order valence-electron chi connectivity index (χ1n) is 5.81. The molecule has 1 aromatic rings. The summed E-state index contributed by atoms with van der Waals surface area (Å²) >= 11 is 0. The lowest BCUT2D eigenvalue weighted by Gasteiger charge is -2.30. The molecule has 15 heavy (non-hydrogen) atoms. The van der Waals surface area contributed by atoms with Crippen LogP contribution in [0.2, 0.25) is 0 Å². The van der Waals surface area contributed by atoms with Crippen LogP contribution >= 0.6 is 0 Å². The van der Waals surface area contributed by atoms with Crippen LogP contribution in [-0.2, 0) is 13.1 Å². The van der Waals surface area contributed by atoms with Gasteiger partial charge in [0.2, 0.25) is 0 Å². The molecule has 0 N–H and O–H groups in total. The average molecular weight is 210 g/mol. The van der Waals surface area contributed by atoms with E-state index in [1.807, 2.05) is 25.5 Å². The second-order valence-corrected chi connectivity index (χ2v) is 3.91. The molecule has 0 aromatic carbocycles. The van der Waals surface area contributed by atoms with E-state index in [9.17, 15) is 0 Å². The lowest BCUT2D eigenvalue weighted by Crippen LogP contribution is -2.38. The van der Waals surface area contributed by atoms with E-state index in [2.05, 4.69) is 29.1 Å². The smallest absolute Gasteiger partial charge is 0.0841 e. The molecule has 0 radical (unpaired) electrons. The highest BCUT2D eigenvalue weighted by atomic mass is 15.5. The van der Waals surface area contributed by atoms with E-state index in [1.165, 1.54) is 5.69 Å². The van der Waals surface area contributed by atoms with Crippen molar-refractivity contribution in [3.63, 3.8) is 0 Å². The van der Waals surface area contributed by atoms with E-state index in [4.69, 9.17) is 0 Å². The van der Waals surface area contributed by atoms with Crippen molar-refractivity contribution < 1.29 is 0 Å². The standard InChI is InChI=1S/C9H16N4.C2H6/c1-7(2)12-4-5-13-9(6-12)8(3)10-11-13;1-2/h7H,4-6H2,1-3H3;1-2H3. The minimum atomic E-state index is 0.614. The molecule has 0 fully saturated rings. The van der Waals surface area contributed by atoms with Crippen molar-refractivity contribution in [1.29, 1.82) is 0 Å². The molecule has 0 amide bonds. The van der Waals surface area contributed by atoms with E-state index >= 15 is 0 Å². The Hall–Kier alpha value is -0.900. The second kappa shape index (κ2) is 5.26. The Morgan fingerprint density at radius 3 is 2.47 bits per heavy atom. The summed E-state index contributed by atoms with van der Waals surface area (Å²) in [4.78, 5) is 2.45. The number of hydrogen-bond donors (Lipinski definition) is 0. The first-order chi connectivity index (χ1) is 7.18. The van der Waals surface area contributed by atoms with Gasteiger partial charge in [0.25, 0.3) is 0 Å². The number of nitrogens with zero attached hydrogens (tertiary/aromatic N) is 4. The molecule has 0 spiro atoms. The molecule has 2 heterocycles. The highest BCUT2D eigenvalue weighted by Gasteiger charge is 2.20. The van der Waals surface area contributed by atoms with Crippen LogP contribution in [0.1, 0.15) is 39.1 Å². The van der Waals surface area contributed by atoms with Crippen molar-refractivity contribution in [3.05, 3.63) is 11.4 Å². The Morgan fingerprint density at radius 1 is 1.20 bits per heavy atom. The molecule has 0 aliphatic carbocycles. The molecule has 4 nitrogen and oxygen atoms in total. The van der Waals surface area contributed by atoms with Crippen LogP contribution in [0.5, 0.6) is 0 Å². The van der Waals surface area contributed by atoms with Crippen LogP contribution < -0.4 is 0 Å². The number of hydrogen-bond acceptors (Lipinski definition) is 3.